The minimum Gasteiger partial charge on any atom is -0.348 e. The first kappa shape index (κ1) is 19.4. The SMILES string of the molecule is CN(C)C(=O)[C@]12CN(Cc3cccnc3)C[C@H]1CN(C(=O)CC1CCCC1)C2. The van der Waals surface area contributed by atoms with Gasteiger partial charge < -0.3 is 9.80 Å². The lowest BCUT2D eigenvalue weighted by Crippen LogP contribution is -2.47. The van der Waals surface area contributed by atoms with Crippen LogP contribution in [0.5, 0.6) is 0 Å². The van der Waals surface area contributed by atoms with Crippen molar-refractivity contribution in [3.63, 3.8) is 0 Å². The van der Waals surface area contributed by atoms with E-state index in [1.54, 1.807) is 11.1 Å². The van der Waals surface area contributed by atoms with Crippen molar-refractivity contribution in [1.82, 2.24) is 19.7 Å². The minimum absolute atomic E-state index is 0.169. The lowest BCUT2D eigenvalue weighted by Gasteiger charge is -2.31. The van der Waals surface area contributed by atoms with Crippen molar-refractivity contribution in [3.8, 4) is 0 Å². The minimum atomic E-state index is -0.461. The molecule has 2 saturated heterocycles. The Balaban J connectivity index is 1.47. The van der Waals surface area contributed by atoms with Gasteiger partial charge in [0.15, 0.2) is 0 Å². The van der Waals surface area contributed by atoms with E-state index in [2.05, 4.69) is 16.0 Å². The van der Waals surface area contributed by atoms with Gasteiger partial charge in [-0.2, -0.15) is 0 Å². The number of carbonyl (C=O) groups is 2. The molecule has 0 bridgehead atoms. The van der Waals surface area contributed by atoms with Crippen LogP contribution in [0.2, 0.25) is 0 Å². The van der Waals surface area contributed by atoms with Gasteiger partial charge in [0.05, 0.1) is 5.41 Å². The molecule has 2 amide bonds. The molecule has 3 heterocycles. The van der Waals surface area contributed by atoms with Crippen molar-refractivity contribution in [2.45, 2.75) is 38.6 Å². The molecule has 0 unspecified atom stereocenters. The van der Waals surface area contributed by atoms with E-state index < -0.39 is 5.41 Å². The van der Waals surface area contributed by atoms with Gasteiger partial charge in [0, 0.05) is 71.6 Å². The lowest BCUT2D eigenvalue weighted by atomic mass is 9.80. The van der Waals surface area contributed by atoms with Crippen molar-refractivity contribution >= 4 is 11.8 Å². The summed E-state index contributed by atoms with van der Waals surface area (Å²) in [6, 6.07) is 4.04. The topological polar surface area (TPSA) is 56.8 Å². The van der Waals surface area contributed by atoms with Crippen molar-refractivity contribution in [2.24, 2.45) is 17.3 Å². The molecule has 152 valence electrons. The van der Waals surface area contributed by atoms with E-state index in [0.717, 1.165) is 19.6 Å². The molecule has 1 aromatic heterocycles. The second kappa shape index (κ2) is 7.82. The van der Waals surface area contributed by atoms with Gasteiger partial charge in [-0.3, -0.25) is 19.5 Å². The number of aromatic nitrogens is 1. The molecule has 2 aliphatic heterocycles. The highest BCUT2D eigenvalue weighted by Crippen LogP contribution is 2.44. The molecule has 1 aliphatic carbocycles. The molecule has 4 rings (SSSR count). The zero-order chi connectivity index (χ0) is 19.7. The summed E-state index contributed by atoms with van der Waals surface area (Å²) >= 11 is 0. The van der Waals surface area contributed by atoms with Gasteiger partial charge in [0.1, 0.15) is 0 Å². The molecule has 0 radical (unpaired) electrons. The molecule has 3 aliphatic rings. The van der Waals surface area contributed by atoms with Crippen molar-refractivity contribution < 1.29 is 9.59 Å². The van der Waals surface area contributed by atoms with Crippen molar-refractivity contribution in [3.05, 3.63) is 30.1 Å². The summed E-state index contributed by atoms with van der Waals surface area (Å²) in [4.78, 5) is 36.4. The summed E-state index contributed by atoms with van der Waals surface area (Å²) in [6.07, 6.45) is 9.23. The van der Waals surface area contributed by atoms with Crippen LogP contribution in [0.4, 0.5) is 0 Å². The van der Waals surface area contributed by atoms with Gasteiger partial charge in [-0.1, -0.05) is 18.9 Å². The van der Waals surface area contributed by atoms with Gasteiger partial charge in [-0.25, -0.2) is 0 Å². The van der Waals surface area contributed by atoms with Crippen LogP contribution in [0.15, 0.2) is 24.5 Å². The number of nitrogens with zero attached hydrogens (tertiary/aromatic N) is 4. The molecular formula is C22H32N4O2. The first-order chi connectivity index (χ1) is 13.5. The van der Waals surface area contributed by atoms with Gasteiger partial charge >= 0.3 is 0 Å². The normalized spacial score (nSPS) is 27.9. The molecule has 0 spiro atoms. The molecule has 0 N–H and O–H groups in total. The van der Waals surface area contributed by atoms with Crippen LogP contribution in [0.1, 0.15) is 37.7 Å². The van der Waals surface area contributed by atoms with E-state index >= 15 is 0 Å². The summed E-state index contributed by atoms with van der Waals surface area (Å²) in [5, 5.41) is 0. The van der Waals surface area contributed by atoms with Crippen LogP contribution < -0.4 is 0 Å². The Morgan fingerprint density at radius 3 is 2.68 bits per heavy atom. The zero-order valence-corrected chi connectivity index (χ0v) is 17.1. The third kappa shape index (κ3) is 3.66. The third-order valence-electron chi connectivity index (χ3n) is 6.93. The van der Waals surface area contributed by atoms with Crippen molar-refractivity contribution in [2.75, 3.05) is 40.3 Å². The molecule has 1 aromatic rings. The zero-order valence-electron chi connectivity index (χ0n) is 17.1. The largest absolute Gasteiger partial charge is 0.348 e. The Hall–Kier alpha value is -1.95. The highest BCUT2D eigenvalue weighted by Gasteiger charge is 2.58. The summed E-state index contributed by atoms with van der Waals surface area (Å²) in [5.74, 6) is 1.19. The highest BCUT2D eigenvalue weighted by molar-refractivity contribution is 5.86. The lowest BCUT2D eigenvalue weighted by molar-refractivity contribution is -0.140. The number of amides is 2. The molecule has 3 fully saturated rings. The number of rotatable bonds is 5. The molecular weight excluding hydrogens is 352 g/mol. The number of hydrogen-bond donors (Lipinski definition) is 0. The molecule has 6 nitrogen and oxygen atoms in total. The standard InChI is InChI=1S/C22H32N4O2/c1-24(2)21(28)22-15-25(12-18-8-5-9-23-11-18)13-19(22)14-26(16-22)20(27)10-17-6-3-4-7-17/h5,8-9,11,17,19H,3-4,6-7,10,12-16H2,1-2H3/t19-,22-/m0/s1. The Morgan fingerprint density at radius 1 is 1.21 bits per heavy atom. The van der Waals surface area contributed by atoms with Crippen LogP contribution in [0.3, 0.4) is 0 Å². The second-order valence-corrected chi connectivity index (χ2v) is 9.21. The third-order valence-corrected chi connectivity index (χ3v) is 6.93. The summed E-state index contributed by atoms with van der Waals surface area (Å²) in [5.41, 5.74) is 0.709. The number of likely N-dealkylation sites (tertiary alicyclic amines) is 2. The maximum absolute atomic E-state index is 13.2. The molecule has 6 heteroatoms. The van der Waals surface area contributed by atoms with Crippen LogP contribution in [0, 0.1) is 17.3 Å². The van der Waals surface area contributed by atoms with E-state index in [4.69, 9.17) is 0 Å². The van der Waals surface area contributed by atoms with E-state index in [1.165, 1.54) is 31.2 Å². The Morgan fingerprint density at radius 2 is 2.00 bits per heavy atom. The van der Waals surface area contributed by atoms with E-state index in [0.29, 0.717) is 25.4 Å². The fourth-order valence-corrected chi connectivity index (χ4v) is 5.57. The Bertz CT molecular complexity index is 717. The predicted octanol–water partition coefficient (Wildman–Crippen LogP) is 2.01. The Kier molecular flexibility index (Phi) is 5.41. The van der Waals surface area contributed by atoms with Crippen LogP contribution >= 0.6 is 0 Å². The fourth-order valence-electron chi connectivity index (χ4n) is 5.57. The van der Waals surface area contributed by atoms with Gasteiger partial charge in [0.2, 0.25) is 11.8 Å². The molecule has 1 saturated carbocycles. The van der Waals surface area contributed by atoms with Gasteiger partial charge in [0.25, 0.3) is 0 Å². The quantitative estimate of drug-likeness (QED) is 0.779. The molecule has 0 aromatic carbocycles. The highest BCUT2D eigenvalue weighted by atomic mass is 16.2. The van der Waals surface area contributed by atoms with Crippen molar-refractivity contribution in [1.29, 1.82) is 0 Å². The van der Waals surface area contributed by atoms with E-state index in [1.807, 2.05) is 31.3 Å². The second-order valence-electron chi connectivity index (χ2n) is 9.21. The fraction of sp³-hybridized carbons (Fsp3) is 0.682. The monoisotopic (exact) mass is 384 g/mol. The first-order valence-electron chi connectivity index (χ1n) is 10.6. The predicted molar refractivity (Wildman–Crippen MR) is 107 cm³/mol. The van der Waals surface area contributed by atoms with Gasteiger partial charge in [-0.05, 0) is 30.4 Å². The number of pyridine rings is 1. The maximum Gasteiger partial charge on any atom is 0.231 e. The van der Waals surface area contributed by atoms with Crippen LogP contribution in [0.25, 0.3) is 0 Å². The van der Waals surface area contributed by atoms with Crippen LogP contribution in [-0.4, -0.2) is 71.8 Å². The summed E-state index contributed by atoms with van der Waals surface area (Å²) in [7, 11) is 3.67. The van der Waals surface area contributed by atoms with Crippen LogP contribution in [-0.2, 0) is 16.1 Å². The van der Waals surface area contributed by atoms with E-state index in [9.17, 15) is 9.59 Å². The maximum atomic E-state index is 13.2. The number of fused-ring (bicyclic) bond motifs is 1. The number of hydrogen-bond acceptors (Lipinski definition) is 4. The molecule has 2 atom stereocenters. The summed E-state index contributed by atoms with van der Waals surface area (Å²) in [6.45, 7) is 3.68. The summed E-state index contributed by atoms with van der Waals surface area (Å²) < 4.78 is 0. The Labute approximate surface area is 167 Å². The average molecular weight is 385 g/mol. The van der Waals surface area contributed by atoms with E-state index in [-0.39, 0.29) is 17.7 Å². The molecule has 28 heavy (non-hydrogen) atoms. The smallest absolute Gasteiger partial charge is 0.231 e. The van der Waals surface area contributed by atoms with Gasteiger partial charge in [-0.15, -0.1) is 0 Å². The average Bonchev–Trinajstić information content (AvgIpc) is 3.37. The number of carbonyl (C=O) groups excluding carboxylic acids is 2. The first-order valence-corrected chi connectivity index (χ1v) is 10.6.